The molecular weight excluding hydrogens is 415 g/mol. The molecular formula is C21H15ClF3N5. The summed E-state index contributed by atoms with van der Waals surface area (Å²) in [6.45, 7) is 1.28. The third-order valence-electron chi connectivity index (χ3n) is 5.18. The van der Waals surface area contributed by atoms with Crippen molar-refractivity contribution in [3.05, 3.63) is 70.8 Å². The van der Waals surface area contributed by atoms with Gasteiger partial charge in [0.25, 0.3) is 0 Å². The van der Waals surface area contributed by atoms with Crippen molar-refractivity contribution in [2.45, 2.75) is 19.3 Å². The van der Waals surface area contributed by atoms with Gasteiger partial charge in [-0.25, -0.2) is 9.97 Å². The van der Waals surface area contributed by atoms with Gasteiger partial charge >= 0.3 is 6.18 Å². The summed E-state index contributed by atoms with van der Waals surface area (Å²) in [5, 5.41) is 1.21. The Bertz CT molecular complexity index is 1260. The molecule has 1 aliphatic heterocycles. The zero-order chi connectivity index (χ0) is 21.0. The fourth-order valence-corrected chi connectivity index (χ4v) is 4.00. The predicted molar refractivity (Wildman–Crippen MR) is 108 cm³/mol. The van der Waals surface area contributed by atoms with E-state index in [1.165, 1.54) is 4.57 Å². The summed E-state index contributed by atoms with van der Waals surface area (Å²) in [5.41, 5.74) is 2.68. The molecule has 0 radical (unpaired) electrons. The van der Waals surface area contributed by atoms with Gasteiger partial charge in [0.15, 0.2) is 5.69 Å². The molecule has 0 amide bonds. The van der Waals surface area contributed by atoms with Crippen LogP contribution in [0.2, 0.25) is 5.28 Å². The summed E-state index contributed by atoms with van der Waals surface area (Å²) >= 11 is 6.09. The van der Waals surface area contributed by atoms with Crippen LogP contribution in [0.5, 0.6) is 0 Å². The Morgan fingerprint density at radius 2 is 1.80 bits per heavy atom. The van der Waals surface area contributed by atoms with E-state index in [2.05, 4.69) is 19.9 Å². The van der Waals surface area contributed by atoms with Gasteiger partial charge in [0, 0.05) is 37.3 Å². The highest BCUT2D eigenvalue weighted by molar-refractivity contribution is 6.29. The summed E-state index contributed by atoms with van der Waals surface area (Å²) in [6.07, 6.45) is -3.47. The van der Waals surface area contributed by atoms with Gasteiger partial charge in [-0.05, 0) is 28.8 Å². The zero-order valence-electron chi connectivity index (χ0n) is 15.8. The average molecular weight is 430 g/mol. The Morgan fingerprint density at radius 3 is 2.50 bits per heavy atom. The highest BCUT2D eigenvalue weighted by Gasteiger charge is 2.34. The maximum atomic E-state index is 12.9. The molecule has 0 atom stereocenters. The molecule has 0 unspecified atom stereocenters. The topological polar surface area (TPSA) is 46.8 Å². The van der Waals surface area contributed by atoms with Crippen LogP contribution in [-0.4, -0.2) is 19.5 Å². The standard InChI is InChI=1S/C21H15ClF3N5/c1-29-11-16(21(23,24)25)27-18(29)13-7-5-12(6-8-13)9-30-10-14-3-2-4-15-17(14)19(30)28-20(22)26-15/h2-8,11H,9-10H2,1H3. The maximum Gasteiger partial charge on any atom is 0.434 e. The fraction of sp³-hybridized carbons (Fsp3) is 0.190. The van der Waals surface area contributed by atoms with Crippen molar-refractivity contribution in [2.24, 2.45) is 7.05 Å². The Balaban J connectivity index is 1.42. The number of hydrogen-bond acceptors (Lipinski definition) is 4. The van der Waals surface area contributed by atoms with E-state index in [0.29, 0.717) is 18.7 Å². The summed E-state index contributed by atoms with van der Waals surface area (Å²) in [4.78, 5) is 14.6. The smallest absolute Gasteiger partial charge is 0.347 e. The van der Waals surface area contributed by atoms with Gasteiger partial charge in [-0.2, -0.15) is 18.2 Å². The molecule has 0 aliphatic carbocycles. The first-order valence-electron chi connectivity index (χ1n) is 9.19. The number of benzene rings is 2. The fourth-order valence-electron chi connectivity index (χ4n) is 3.83. The monoisotopic (exact) mass is 429 g/mol. The van der Waals surface area contributed by atoms with Gasteiger partial charge < -0.3 is 9.47 Å². The number of anilines is 1. The molecule has 30 heavy (non-hydrogen) atoms. The number of halogens is 4. The molecule has 0 fully saturated rings. The molecule has 2 aromatic carbocycles. The van der Waals surface area contributed by atoms with Gasteiger partial charge in [-0.15, -0.1) is 0 Å². The Kier molecular flexibility index (Phi) is 4.21. The van der Waals surface area contributed by atoms with Gasteiger partial charge in [0.1, 0.15) is 11.6 Å². The van der Waals surface area contributed by atoms with Crippen LogP contribution in [0.3, 0.4) is 0 Å². The molecule has 1 aliphatic rings. The van der Waals surface area contributed by atoms with Gasteiger partial charge in [0.05, 0.1) is 5.52 Å². The molecule has 2 aromatic heterocycles. The van der Waals surface area contributed by atoms with Crippen molar-refractivity contribution >= 4 is 28.3 Å². The summed E-state index contributed by atoms with van der Waals surface area (Å²) in [5.74, 6) is 1.07. The van der Waals surface area contributed by atoms with Crippen LogP contribution in [0.25, 0.3) is 22.3 Å². The normalized spacial score (nSPS) is 13.4. The first-order valence-corrected chi connectivity index (χ1v) is 9.57. The molecule has 0 saturated heterocycles. The highest BCUT2D eigenvalue weighted by Crippen LogP contribution is 2.37. The van der Waals surface area contributed by atoms with Crippen LogP contribution in [0.1, 0.15) is 16.8 Å². The van der Waals surface area contributed by atoms with Crippen LogP contribution in [0, 0.1) is 0 Å². The predicted octanol–water partition coefficient (Wildman–Crippen LogP) is 5.22. The molecule has 152 valence electrons. The SMILES string of the molecule is Cn1cc(C(F)(F)F)nc1-c1ccc(CN2Cc3cccc4nc(Cl)nc2c34)cc1. The molecule has 3 heterocycles. The van der Waals surface area contributed by atoms with Gasteiger partial charge in [-0.3, -0.25) is 0 Å². The molecule has 0 saturated carbocycles. The number of aromatic nitrogens is 4. The number of alkyl halides is 3. The minimum absolute atomic E-state index is 0.201. The molecule has 4 aromatic rings. The van der Waals surface area contributed by atoms with Crippen molar-refractivity contribution in [3.8, 4) is 11.4 Å². The lowest BCUT2D eigenvalue weighted by Crippen LogP contribution is -2.18. The number of imidazole rings is 1. The molecule has 5 nitrogen and oxygen atoms in total. The third-order valence-corrected chi connectivity index (χ3v) is 5.35. The summed E-state index contributed by atoms with van der Waals surface area (Å²) < 4.78 is 40.1. The summed E-state index contributed by atoms with van der Waals surface area (Å²) in [6, 6.07) is 13.3. The van der Waals surface area contributed by atoms with Crippen molar-refractivity contribution in [1.29, 1.82) is 0 Å². The van der Waals surface area contributed by atoms with E-state index in [1.54, 1.807) is 19.2 Å². The van der Waals surface area contributed by atoms with Crippen LogP contribution in [0.4, 0.5) is 19.0 Å². The minimum Gasteiger partial charge on any atom is -0.347 e. The molecule has 0 bridgehead atoms. The van der Waals surface area contributed by atoms with Crippen molar-refractivity contribution in [1.82, 2.24) is 19.5 Å². The lowest BCUT2D eigenvalue weighted by molar-refractivity contribution is -0.140. The highest BCUT2D eigenvalue weighted by atomic mass is 35.5. The average Bonchev–Trinajstić information content (AvgIpc) is 3.24. The number of hydrogen-bond donors (Lipinski definition) is 0. The van der Waals surface area contributed by atoms with Crippen molar-refractivity contribution in [2.75, 3.05) is 4.90 Å². The quantitative estimate of drug-likeness (QED) is 0.419. The van der Waals surface area contributed by atoms with E-state index in [9.17, 15) is 13.2 Å². The van der Waals surface area contributed by atoms with Crippen LogP contribution in [-0.2, 0) is 26.3 Å². The van der Waals surface area contributed by atoms with E-state index in [0.717, 1.165) is 34.0 Å². The molecule has 0 N–H and O–H groups in total. The van der Waals surface area contributed by atoms with Crippen molar-refractivity contribution in [3.63, 3.8) is 0 Å². The van der Waals surface area contributed by atoms with E-state index in [4.69, 9.17) is 11.6 Å². The molecule has 9 heteroatoms. The Labute approximate surface area is 174 Å². The lowest BCUT2D eigenvalue weighted by atomic mass is 10.1. The van der Waals surface area contributed by atoms with Crippen LogP contribution < -0.4 is 4.90 Å². The van der Waals surface area contributed by atoms with E-state index < -0.39 is 11.9 Å². The first kappa shape index (κ1) is 18.9. The Morgan fingerprint density at radius 1 is 1.03 bits per heavy atom. The van der Waals surface area contributed by atoms with E-state index in [-0.39, 0.29) is 11.1 Å². The second-order valence-electron chi connectivity index (χ2n) is 7.24. The maximum absolute atomic E-state index is 12.9. The molecule has 5 rings (SSSR count). The third kappa shape index (κ3) is 3.17. The Hall–Kier alpha value is -3.13. The number of aryl methyl sites for hydroxylation is 1. The van der Waals surface area contributed by atoms with Gasteiger partial charge in [-0.1, -0.05) is 36.4 Å². The summed E-state index contributed by atoms with van der Waals surface area (Å²) in [7, 11) is 1.55. The van der Waals surface area contributed by atoms with E-state index in [1.807, 2.05) is 30.3 Å². The second-order valence-corrected chi connectivity index (χ2v) is 7.58. The molecule has 0 spiro atoms. The number of rotatable bonds is 3. The van der Waals surface area contributed by atoms with Gasteiger partial charge in [0.2, 0.25) is 5.28 Å². The first-order chi connectivity index (χ1) is 14.3. The lowest BCUT2D eigenvalue weighted by Gasteiger charge is -2.18. The minimum atomic E-state index is -4.47. The second kappa shape index (κ2) is 6.70. The number of nitrogens with zero attached hydrogens (tertiary/aromatic N) is 5. The zero-order valence-corrected chi connectivity index (χ0v) is 16.5. The van der Waals surface area contributed by atoms with Crippen LogP contribution >= 0.6 is 11.6 Å². The van der Waals surface area contributed by atoms with Crippen LogP contribution in [0.15, 0.2) is 48.7 Å². The largest absolute Gasteiger partial charge is 0.434 e. The van der Waals surface area contributed by atoms with Crippen molar-refractivity contribution < 1.29 is 13.2 Å². The van der Waals surface area contributed by atoms with E-state index >= 15 is 0 Å².